The van der Waals surface area contributed by atoms with Gasteiger partial charge in [0.15, 0.2) is 0 Å². The lowest BCUT2D eigenvalue weighted by Crippen LogP contribution is -2.29. The van der Waals surface area contributed by atoms with Gasteiger partial charge in [0.25, 0.3) is 0 Å². The number of para-hydroxylation sites is 2. The average Bonchev–Trinajstić information content (AvgIpc) is 3.26. The van der Waals surface area contributed by atoms with E-state index in [1.165, 1.54) is 0 Å². The molecule has 1 N–H and O–H groups in total. The molecule has 5 rings (SSSR count). The lowest BCUT2D eigenvalue weighted by molar-refractivity contribution is -0.138. The summed E-state index contributed by atoms with van der Waals surface area (Å²) in [5.74, 6) is 1.69. The number of methoxy groups -OCH3 is 2. The number of benzene rings is 3. The molecule has 0 bridgehead atoms. The molecule has 1 aromatic heterocycles. The molecule has 0 amide bonds. The lowest BCUT2D eigenvalue weighted by atomic mass is 9.92. The number of hydrogen-bond donors (Lipinski definition) is 1. The van der Waals surface area contributed by atoms with Crippen LogP contribution in [0.4, 0.5) is 5.95 Å². The van der Waals surface area contributed by atoms with E-state index >= 15 is 0 Å². The Labute approximate surface area is 197 Å². The molecule has 0 unspecified atom stereocenters. The molecule has 0 spiro atoms. The Morgan fingerprint density at radius 3 is 2.47 bits per heavy atom. The maximum Gasteiger partial charge on any atom is 0.338 e. The highest BCUT2D eigenvalue weighted by molar-refractivity contribution is 6.03. The SMILES string of the molecule is CCOC(=O)C1=C(c2ccc(OC)cc2)Nc2nc3ccccc3n2[C@H]1c1cccc(OC)c1. The topological polar surface area (TPSA) is 74.6 Å². The van der Waals surface area contributed by atoms with Crippen LogP contribution < -0.4 is 14.8 Å². The normalized spacial score (nSPS) is 15.0. The zero-order valence-corrected chi connectivity index (χ0v) is 19.2. The molecule has 34 heavy (non-hydrogen) atoms. The number of carbonyl (C=O) groups is 1. The molecule has 1 atom stereocenters. The van der Waals surface area contributed by atoms with Crippen molar-refractivity contribution in [3.8, 4) is 11.5 Å². The molecule has 0 radical (unpaired) electrons. The van der Waals surface area contributed by atoms with Crippen LogP contribution in [-0.2, 0) is 9.53 Å². The van der Waals surface area contributed by atoms with E-state index in [0.29, 0.717) is 23.0 Å². The van der Waals surface area contributed by atoms with Crippen LogP contribution in [0.15, 0.2) is 78.4 Å². The van der Waals surface area contributed by atoms with E-state index in [1.54, 1.807) is 21.1 Å². The van der Waals surface area contributed by atoms with Gasteiger partial charge in [0.2, 0.25) is 5.95 Å². The van der Waals surface area contributed by atoms with Gasteiger partial charge in [-0.25, -0.2) is 9.78 Å². The number of imidazole rings is 1. The minimum atomic E-state index is -0.477. The highest BCUT2D eigenvalue weighted by Gasteiger charge is 2.36. The van der Waals surface area contributed by atoms with Crippen molar-refractivity contribution < 1.29 is 19.0 Å². The summed E-state index contributed by atoms with van der Waals surface area (Å²) >= 11 is 0. The Bertz CT molecular complexity index is 1390. The highest BCUT2D eigenvalue weighted by atomic mass is 16.5. The van der Waals surface area contributed by atoms with Crippen LogP contribution in [0.25, 0.3) is 16.7 Å². The molecule has 2 heterocycles. The zero-order valence-electron chi connectivity index (χ0n) is 19.2. The second kappa shape index (κ2) is 8.94. The maximum atomic E-state index is 13.5. The van der Waals surface area contributed by atoms with Gasteiger partial charge in [-0.15, -0.1) is 0 Å². The van der Waals surface area contributed by atoms with Crippen LogP contribution in [0.2, 0.25) is 0 Å². The van der Waals surface area contributed by atoms with Crippen molar-refractivity contribution in [2.45, 2.75) is 13.0 Å². The molecular formula is C27H25N3O4. The molecule has 7 nitrogen and oxygen atoms in total. The van der Waals surface area contributed by atoms with Gasteiger partial charge in [0.1, 0.15) is 11.5 Å². The van der Waals surface area contributed by atoms with E-state index in [9.17, 15) is 4.79 Å². The summed E-state index contributed by atoms with van der Waals surface area (Å²) in [6.45, 7) is 2.07. The molecule has 3 aromatic carbocycles. The number of rotatable bonds is 6. The Kier molecular flexibility index (Phi) is 5.67. The number of esters is 1. The largest absolute Gasteiger partial charge is 0.497 e. The first-order valence-electron chi connectivity index (χ1n) is 11.1. The van der Waals surface area contributed by atoms with Crippen molar-refractivity contribution in [2.75, 3.05) is 26.1 Å². The molecular weight excluding hydrogens is 430 g/mol. The van der Waals surface area contributed by atoms with Crippen molar-refractivity contribution >= 4 is 28.6 Å². The Morgan fingerprint density at radius 1 is 0.971 bits per heavy atom. The van der Waals surface area contributed by atoms with Crippen LogP contribution in [0.1, 0.15) is 24.1 Å². The van der Waals surface area contributed by atoms with Gasteiger partial charge >= 0.3 is 5.97 Å². The van der Waals surface area contributed by atoms with Gasteiger partial charge in [-0.1, -0.05) is 24.3 Å². The fraction of sp³-hybridized carbons (Fsp3) is 0.185. The number of hydrogen-bond acceptors (Lipinski definition) is 6. The third-order valence-corrected chi connectivity index (χ3v) is 5.92. The summed E-state index contributed by atoms with van der Waals surface area (Å²) < 4.78 is 18.4. The molecule has 1 aliphatic rings. The molecule has 0 fully saturated rings. The first kappa shape index (κ1) is 21.6. The van der Waals surface area contributed by atoms with Crippen LogP contribution in [-0.4, -0.2) is 36.3 Å². The first-order chi connectivity index (χ1) is 16.6. The highest BCUT2D eigenvalue weighted by Crippen LogP contribution is 2.43. The Morgan fingerprint density at radius 2 is 1.74 bits per heavy atom. The fourth-order valence-corrected chi connectivity index (χ4v) is 4.37. The van der Waals surface area contributed by atoms with Gasteiger partial charge < -0.3 is 19.5 Å². The molecule has 1 aliphatic heterocycles. The van der Waals surface area contributed by atoms with E-state index < -0.39 is 12.0 Å². The summed E-state index contributed by atoms with van der Waals surface area (Å²) in [7, 11) is 3.25. The molecule has 7 heteroatoms. The minimum Gasteiger partial charge on any atom is -0.497 e. The van der Waals surface area contributed by atoms with Crippen molar-refractivity contribution in [2.24, 2.45) is 0 Å². The van der Waals surface area contributed by atoms with Gasteiger partial charge in [-0.3, -0.25) is 4.57 Å². The summed E-state index contributed by atoms with van der Waals surface area (Å²) in [4.78, 5) is 18.3. The summed E-state index contributed by atoms with van der Waals surface area (Å²) in [6, 6.07) is 22.7. The van der Waals surface area contributed by atoms with Crippen molar-refractivity contribution in [3.05, 3.63) is 89.5 Å². The molecule has 0 aliphatic carbocycles. The number of fused-ring (bicyclic) bond motifs is 3. The predicted molar refractivity (Wildman–Crippen MR) is 131 cm³/mol. The minimum absolute atomic E-state index is 0.264. The van der Waals surface area contributed by atoms with Crippen LogP contribution in [0.3, 0.4) is 0 Å². The number of aromatic nitrogens is 2. The lowest BCUT2D eigenvalue weighted by Gasteiger charge is -2.31. The monoisotopic (exact) mass is 455 g/mol. The maximum absolute atomic E-state index is 13.5. The second-order valence-electron chi connectivity index (χ2n) is 7.84. The van der Waals surface area contributed by atoms with E-state index in [0.717, 1.165) is 27.9 Å². The third-order valence-electron chi connectivity index (χ3n) is 5.92. The van der Waals surface area contributed by atoms with Gasteiger partial charge in [-0.2, -0.15) is 0 Å². The van der Waals surface area contributed by atoms with Crippen LogP contribution >= 0.6 is 0 Å². The van der Waals surface area contributed by atoms with E-state index in [1.807, 2.05) is 77.4 Å². The average molecular weight is 456 g/mol. The quantitative estimate of drug-likeness (QED) is 0.411. The molecule has 0 saturated carbocycles. The van der Waals surface area contributed by atoms with Crippen molar-refractivity contribution in [1.29, 1.82) is 0 Å². The smallest absolute Gasteiger partial charge is 0.338 e. The van der Waals surface area contributed by atoms with Crippen LogP contribution in [0, 0.1) is 0 Å². The fourth-order valence-electron chi connectivity index (χ4n) is 4.37. The number of anilines is 1. The molecule has 4 aromatic rings. The molecule has 0 saturated heterocycles. The first-order valence-corrected chi connectivity index (χ1v) is 11.1. The summed E-state index contributed by atoms with van der Waals surface area (Å²) in [6.07, 6.45) is 0. The standard InChI is InChI=1S/C27H25N3O4/c1-4-34-26(31)23-24(17-12-14-19(32-2)15-13-17)29-27-28-21-10-5-6-11-22(21)30(27)25(23)18-8-7-9-20(16-18)33-3/h5-16,25H,4H2,1-3H3,(H,28,29)/t25-/m0/s1. The van der Waals surface area contributed by atoms with Gasteiger partial charge in [0.05, 0.1) is 49.2 Å². The summed E-state index contributed by atoms with van der Waals surface area (Å²) in [5.41, 5.74) is 4.60. The van der Waals surface area contributed by atoms with E-state index in [-0.39, 0.29) is 6.61 Å². The van der Waals surface area contributed by atoms with Crippen molar-refractivity contribution in [3.63, 3.8) is 0 Å². The second-order valence-corrected chi connectivity index (χ2v) is 7.84. The number of ether oxygens (including phenoxy) is 3. The number of carbonyl (C=O) groups excluding carboxylic acids is 1. The van der Waals surface area contributed by atoms with Crippen molar-refractivity contribution in [1.82, 2.24) is 9.55 Å². The molecule has 172 valence electrons. The predicted octanol–water partition coefficient (Wildman–Crippen LogP) is 5.04. The van der Waals surface area contributed by atoms with E-state index in [4.69, 9.17) is 19.2 Å². The Balaban J connectivity index is 1.81. The van der Waals surface area contributed by atoms with Gasteiger partial charge in [0, 0.05) is 0 Å². The van der Waals surface area contributed by atoms with Gasteiger partial charge in [-0.05, 0) is 66.6 Å². The number of nitrogens with one attached hydrogen (secondary N) is 1. The van der Waals surface area contributed by atoms with E-state index in [2.05, 4.69) is 5.32 Å². The summed E-state index contributed by atoms with van der Waals surface area (Å²) in [5, 5.41) is 3.42. The van der Waals surface area contributed by atoms with Crippen LogP contribution in [0.5, 0.6) is 11.5 Å². The Hall–Kier alpha value is -4.26. The zero-order chi connectivity index (χ0) is 23.7. The number of nitrogens with zero attached hydrogens (tertiary/aromatic N) is 2. The third kappa shape index (κ3) is 3.65.